The quantitative estimate of drug-likeness (QED) is 0.168. The summed E-state index contributed by atoms with van der Waals surface area (Å²) in [7, 11) is 0. The maximum absolute atomic E-state index is 5.06. The lowest BCUT2D eigenvalue weighted by Crippen LogP contribution is -2.06. The number of hydrogen-bond acceptors (Lipinski definition) is 6. The van der Waals surface area contributed by atoms with Gasteiger partial charge in [0.1, 0.15) is 11.6 Å². The molecule has 0 N–H and O–H groups in total. The van der Waals surface area contributed by atoms with Crippen LogP contribution in [0.5, 0.6) is 0 Å². The lowest BCUT2D eigenvalue weighted by Gasteiger charge is -2.11. The first-order valence-corrected chi connectivity index (χ1v) is 19.3. The highest BCUT2D eigenvalue weighted by Gasteiger charge is 2.18. The monoisotopic (exact) mass is 746 g/mol. The van der Waals surface area contributed by atoms with Crippen molar-refractivity contribution in [2.24, 2.45) is 0 Å². The minimum atomic E-state index is 0.592. The van der Waals surface area contributed by atoms with Gasteiger partial charge in [0.15, 0.2) is 17.5 Å². The third-order valence-corrected chi connectivity index (χ3v) is 10.8. The number of nitrogens with zero attached hydrogens (tertiary/aromatic N) is 8. The van der Waals surface area contributed by atoms with Crippen LogP contribution in [0.4, 0.5) is 0 Å². The van der Waals surface area contributed by atoms with Crippen LogP contribution in [0.1, 0.15) is 11.6 Å². The Bertz CT molecular complexity index is 3330. The molecule has 0 atom stereocenters. The predicted octanol–water partition coefficient (Wildman–Crippen LogP) is 11.5. The average molecular weight is 747 g/mol. The van der Waals surface area contributed by atoms with E-state index in [1.807, 2.05) is 38.1 Å². The van der Waals surface area contributed by atoms with Gasteiger partial charge in [0.05, 0.1) is 22.1 Å². The molecule has 0 saturated carbocycles. The Morgan fingerprint density at radius 1 is 0.310 bits per heavy atom. The first-order valence-electron chi connectivity index (χ1n) is 19.3. The van der Waals surface area contributed by atoms with Crippen LogP contribution in [0.25, 0.3) is 101 Å². The highest BCUT2D eigenvalue weighted by atomic mass is 15.2. The van der Waals surface area contributed by atoms with E-state index in [2.05, 4.69) is 155 Å². The van der Waals surface area contributed by atoms with Crippen LogP contribution >= 0.6 is 0 Å². The van der Waals surface area contributed by atoms with E-state index in [4.69, 9.17) is 29.9 Å². The summed E-state index contributed by atoms with van der Waals surface area (Å²) in [6, 6.07) is 58.9. The minimum Gasteiger partial charge on any atom is -0.309 e. The Morgan fingerprint density at radius 3 is 1.36 bits per heavy atom. The molecule has 8 nitrogen and oxygen atoms in total. The van der Waals surface area contributed by atoms with E-state index >= 15 is 0 Å². The number of benzene rings is 7. The molecule has 11 rings (SSSR count). The van der Waals surface area contributed by atoms with Gasteiger partial charge in [-0.25, -0.2) is 19.9 Å². The molecule has 0 amide bonds. The van der Waals surface area contributed by atoms with Crippen LogP contribution in [-0.4, -0.2) is 39.0 Å². The van der Waals surface area contributed by atoms with Gasteiger partial charge in [0, 0.05) is 43.9 Å². The van der Waals surface area contributed by atoms with E-state index in [1.165, 1.54) is 5.39 Å². The Hall–Kier alpha value is -7.84. The van der Waals surface area contributed by atoms with Crippen LogP contribution in [0, 0.1) is 13.8 Å². The second-order valence-corrected chi connectivity index (χ2v) is 14.5. The van der Waals surface area contributed by atoms with E-state index in [-0.39, 0.29) is 0 Å². The Morgan fingerprint density at radius 2 is 0.759 bits per heavy atom. The number of aryl methyl sites for hydroxylation is 2. The molecule has 0 radical (unpaired) electrons. The fourth-order valence-corrected chi connectivity index (χ4v) is 8.22. The summed E-state index contributed by atoms with van der Waals surface area (Å²) in [4.78, 5) is 29.4. The molecule has 7 aromatic carbocycles. The number of para-hydroxylation sites is 4. The zero-order valence-corrected chi connectivity index (χ0v) is 31.7. The van der Waals surface area contributed by atoms with Gasteiger partial charge in [-0.15, -0.1) is 0 Å². The van der Waals surface area contributed by atoms with E-state index in [9.17, 15) is 0 Å². The third kappa shape index (κ3) is 5.61. The van der Waals surface area contributed by atoms with Crippen LogP contribution in [0.2, 0.25) is 0 Å². The predicted molar refractivity (Wildman–Crippen MR) is 233 cm³/mol. The molecule has 0 aliphatic heterocycles. The van der Waals surface area contributed by atoms with Crippen LogP contribution in [0.15, 0.2) is 170 Å². The minimum absolute atomic E-state index is 0.592. The molecule has 274 valence electrons. The molecule has 0 aliphatic carbocycles. The van der Waals surface area contributed by atoms with Crippen molar-refractivity contribution in [3.63, 3.8) is 0 Å². The maximum atomic E-state index is 5.06. The molecular formula is C50H34N8. The molecule has 8 heteroatoms. The Balaban J connectivity index is 0.958. The molecule has 0 saturated heterocycles. The fourth-order valence-electron chi connectivity index (χ4n) is 8.22. The van der Waals surface area contributed by atoms with Gasteiger partial charge >= 0.3 is 0 Å². The van der Waals surface area contributed by atoms with Gasteiger partial charge in [-0.2, -0.15) is 9.97 Å². The van der Waals surface area contributed by atoms with Crippen molar-refractivity contribution in [1.29, 1.82) is 0 Å². The molecule has 0 unspecified atom stereocenters. The average Bonchev–Trinajstić information content (AvgIpc) is 3.79. The van der Waals surface area contributed by atoms with Crippen molar-refractivity contribution >= 4 is 43.6 Å². The van der Waals surface area contributed by atoms with Crippen molar-refractivity contribution in [1.82, 2.24) is 39.0 Å². The molecule has 0 spiro atoms. The molecule has 0 aliphatic rings. The molecule has 0 bridgehead atoms. The van der Waals surface area contributed by atoms with Crippen molar-refractivity contribution in [2.75, 3.05) is 0 Å². The number of fused-ring (bicyclic) bond motifs is 6. The molecule has 4 heterocycles. The van der Waals surface area contributed by atoms with E-state index in [0.29, 0.717) is 35.1 Å². The first kappa shape index (κ1) is 33.5. The summed E-state index contributed by atoms with van der Waals surface area (Å²) < 4.78 is 4.44. The maximum Gasteiger partial charge on any atom is 0.238 e. The number of aromatic nitrogens is 8. The van der Waals surface area contributed by atoms with Gasteiger partial charge in [0.2, 0.25) is 5.95 Å². The SMILES string of the molecule is Cc1nc(-c2cccc(-c3cccc(-c4nc(C)nc(-n5c6ccccc6c6ccccc65)n4)c3)c2)nc(-c2ccc3c(c2)c2ccccc2n3-c2ccccc2)n1. The van der Waals surface area contributed by atoms with Gasteiger partial charge < -0.3 is 4.57 Å². The number of hydrogen-bond donors (Lipinski definition) is 0. The summed E-state index contributed by atoms with van der Waals surface area (Å²) >= 11 is 0. The van der Waals surface area contributed by atoms with Crippen molar-refractivity contribution in [2.45, 2.75) is 13.8 Å². The van der Waals surface area contributed by atoms with Gasteiger partial charge in [0.25, 0.3) is 0 Å². The smallest absolute Gasteiger partial charge is 0.238 e. The summed E-state index contributed by atoms with van der Waals surface area (Å²) in [5, 5.41) is 4.65. The van der Waals surface area contributed by atoms with E-state index < -0.39 is 0 Å². The van der Waals surface area contributed by atoms with Crippen molar-refractivity contribution in [3.8, 4) is 56.9 Å². The van der Waals surface area contributed by atoms with E-state index in [0.717, 1.165) is 71.7 Å². The summed E-state index contributed by atoms with van der Waals surface area (Å²) in [6.45, 7) is 3.84. The van der Waals surface area contributed by atoms with Gasteiger partial charge in [-0.1, -0.05) is 109 Å². The fraction of sp³-hybridized carbons (Fsp3) is 0.0400. The zero-order valence-electron chi connectivity index (χ0n) is 31.7. The Labute approximate surface area is 333 Å². The lowest BCUT2D eigenvalue weighted by molar-refractivity contribution is 0.907. The van der Waals surface area contributed by atoms with Gasteiger partial charge in [-0.05, 0) is 85.6 Å². The van der Waals surface area contributed by atoms with Crippen LogP contribution in [0.3, 0.4) is 0 Å². The molecule has 0 fully saturated rings. The Kier molecular flexibility index (Phi) is 7.75. The van der Waals surface area contributed by atoms with Gasteiger partial charge in [-0.3, -0.25) is 4.57 Å². The molecule has 11 aromatic rings. The van der Waals surface area contributed by atoms with Crippen molar-refractivity contribution in [3.05, 3.63) is 182 Å². The normalized spacial score (nSPS) is 11.6. The number of rotatable bonds is 6. The summed E-state index contributed by atoms with van der Waals surface area (Å²) in [5.74, 6) is 3.77. The second-order valence-electron chi connectivity index (χ2n) is 14.5. The largest absolute Gasteiger partial charge is 0.309 e. The highest BCUT2D eigenvalue weighted by Crippen LogP contribution is 2.36. The topological polar surface area (TPSA) is 87.2 Å². The van der Waals surface area contributed by atoms with E-state index in [1.54, 1.807) is 0 Å². The molecule has 58 heavy (non-hydrogen) atoms. The zero-order chi connectivity index (χ0) is 38.7. The highest BCUT2D eigenvalue weighted by molar-refractivity contribution is 6.11. The molecule has 4 aromatic heterocycles. The summed E-state index contributed by atoms with van der Waals surface area (Å²) in [5.41, 5.74) is 10.3. The second kappa shape index (κ2) is 13.4. The van der Waals surface area contributed by atoms with Crippen LogP contribution < -0.4 is 0 Å². The summed E-state index contributed by atoms with van der Waals surface area (Å²) in [6.07, 6.45) is 0. The standard InChI is InChI=1S/C50H34N8/c1-31-51-47(55-48(52-31)37-26-27-46-42(30-37)41-22-8-9-23-43(41)57(46)38-18-4-3-5-19-38)35-16-12-14-33(28-35)34-15-13-17-36(29-34)49-53-32(2)54-50(56-49)58-44-24-10-6-20-39(44)40-21-7-11-25-45(40)58/h3-30H,1-2H3. The van der Waals surface area contributed by atoms with Crippen LogP contribution in [-0.2, 0) is 0 Å². The molecular weight excluding hydrogens is 713 g/mol. The first-order chi connectivity index (χ1) is 28.6. The van der Waals surface area contributed by atoms with Crippen molar-refractivity contribution < 1.29 is 0 Å². The third-order valence-electron chi connectivity index (χ3n) is 10.8. The lowest BCUT2D eigenvalue weighted by atomic mass is 10.0.